The van der Waals surface area contributed by atoms with Crippen molar-refractivity contribution in [1.29, 1.82) is 0 Å². The van der Waals surface area contributed by atoms with Crippen LogP contribution in [0.25, 0.3) is 11.0 Å². The molecule has 0 aliphatic heterocycles. The summed E-state index contributed by atoms with van der Waals surface area (Å²) in [5.41, 5.74) is 1.38. The molecule has 3 rings (SSSR count). The molecule has 0 unspecified atom stereocenters. The van der Waals surface area contributed by atoms with Gasteiger partial charge in [-0.05, 0) is 30.3 Å². The maximum absolute atomic E-state index is 12.0. The van der Waals surface area contributed by atoms with Crippen LogP contribution in [0, 0.1) is 0 Å². The Balaban J connectivity index is 1.61. The number of Topliss-reactive ketones (excluding diaryl/α,β-unsaturated/α-hetero) is 1. The van der Waals surface area contributed by atoms with Crippen LogP contribution >= 0.6 is 23.2 Å². The van der Waals surface area contributed by atoms with E-state index < -0.39 is 5.97 Å². The fraction of sp³-hybridized carbons (Fsp3) is 0.118. The molecule has 0 fully saturated rings. The third-order valence-corrected chi connectivity index (χ3v) is 4.11. The lowest BCUT2D eigenvalue weighted by atomic mass is 10.1. The number of ether oxygens (including phenoxy) is 1. The Bertz CT molecular complexity index is 920. The van der Waals surface area contributed by atoms with Crippen LogP contribution in [0.2, 0.25) is 10.0 Å². The molecule has 0 spiro atoms. The number of ketones is 1. The second kappa shape index (κ2) is 7.03. The molecule has 7 heteroatoms. The first kappa shape index (κ1) is 16.5. The van der Waals surface area contributed by atoms with E-state index >= 15 is 0 Å². The van der Waals surface area contributed by atoms with Crippen molar-refractivity contribution in [2.45, 2.75) is 6.42 Å². The smallest absolute Gasteiger partial charge is 0.312 e. The lowest BCUT2D eigenvalue weighted by Crippen LogP contribution is -2.16. The van der Waals surface area contributed by atoms with Gasteiger partial charge in [0.25, 0.3) is 0 Å². The zero-order chi connectivity index (χ0) is 17.1. The minimum Gasteiger partial charge on any atom is -0.457 e. The van der Waals surface area contributed by atoms with Crippen LogP contribution < -0.4 is 0 Å². The van der Waals surface area contributed by atoms with Crippen molar-refractivity contribution < 1.29 is 18.8 Å². The predicted octanol–water partition coefficient (Wildman–Crippen LogP) is 4.10. The monoisotopic (exact) mass is 363 g/mol. The summed E-state index contributed by atoms with van der Waals surface area (Å²) in [5, 5.41) is 5.21. The molecule has 0 saturated carbocycles. The summed E-state index contributed by atoms with van der Waals surface area (Å²) in [5.74, 6) is -0.936. The van der Waals surface area contributed by atoms with E-state index in [9.17, 15) is 9.59 Å². The van der Waals surface area contributed by atoms with Gasteiger partial charge in [-0.25, -0.2) is 0 Å². The van der Waals surface area contributed by atoms with Gasteiger partial charge in [0.15, 0.2) is 18.0 Å². The number of aromatic nitrogens is 1. The van der Waals surface area contributed by atoms with E-state index in [2.05, 4.69) is 5.16 Å². The highest BCUT2D eigenvalue weighted by molar-refractivity contribution is 6.42. The van der Waals surface area contributed by atoms with Crippen LogP contribution in [-0.4, -0.2) is 23.5 Å². The third-order valence-electron chi connectivity index (χ3n) is 3.37. The fourth-order valence-corrected chi connectivity index (χ4v) is 2.45. The average Bonchev–Trinajstić information content (AvgIpc) is 2.98. The van der Waals surface area contributed by atoms with Gasteiger partial charge < -0.3 is 9.26 Å². The molecule has 0 bridgehead atoms. The maximum Gasteiger partial charge on any atom is 0.312 e. The van der Waals surface area contributed by atoms with Crippen molar-refractivity contribution in [3.63, 3.8) is 0 Å². The molecule has 0 radical (unpaired) electrons. The standard InChI is InChI=1S/C17H11Cl2NO4/c18-12-6-5-10(7-13(12)19)15(21)9-23-17(22)8-14-11-3-1-2-4-16(11)24-20-14/h1-7H,8-9H2. The summed E-state index contributed by atoms with van der Waals surface area (Å²) in [6.07, 6.45) is -0.0777. The van der Waals surface area contributed by atoms with E-state index in [4.69, 9.17) is 32.5 Å². The van der Waals surface area contributed by atoms with Crippen molar-refractivity contribution in [3.05, 3.63) is 63.8 Å². The lowest BCUT2D eigenvalue weighted by molar-refractivity contribution is -0.141. The van der Waals surface area contributed by atoms with Crippen LogP contribution in [0.5, 0.6) is 0 Å². The van der Waals surface area contributed by atoms with E-state index in [1.807, 2.05) is 12.1 Å². The second-order valence-electron chi connectivity index (χ2n) is 5.01. The molecule has 0 N–H and O–H groups in total. The first-order valence-corrected chi connectivity index (χ1v) is 7.77. The number of hydrogen-bond donors (Lipinski definition) is 0. The summed E-state index contributed by atoms with van der Waals surface area (Å²) >= 11 is 11.7. The highest BCUT2D eigenvalue weighted by atomic mass is 35.5. The number of esters is 1. The Hall–Kier alpha value is -2.37. The van der Waals surface area contributed by atoms with Crippen molar-refractivity contribution in [2.24, 2.45) is 0 Å². The average molecular weight is 364 g/mol. The van der Waals surface area contributed by atoms with E-state index in [0.29, 0.717) is 21.9 Å². The van der Waals surface area contributed by atoms with Gasteiger partial charge in [-0.3, -0.25) is 9.59 Å². The van der Waals surface area contributed by atoms with Crippen LogP contribution in [0.3, 0.4) is 0 Å². The Morgan fingerprint density at radius 3 is 2.67 bits per heavy atom. The van der Waals surface area contributed by atoms with Gasteiger partial charge in [0.2, 0.25) is 0 Å². The molecule has 5 nitrogen and oxygen atoms in total. The number of benzene rings is 2. The van der Waals surface area contributed by atoms with E-state index in [1.54, 1.807) is 12.1 Å². The number of carbonyl (C=O) groups is 2. The molecule has 1 heterocycles. The molecular weight excluding hydrogens is 353 g/mol. The molecule has 0 atom stereocenters. The number of carbonyl (C=O) groups excluding carboxylic acids is 2. The van der Waals surface area contributed by atoms with Gasteiger partial charge in [-0.15, -0.1) is 0 Å². The minimum atomic E-state index is -0.567. The van der Waals surface area contributed by atoms with Crippen molar-refractivity contribution >= 4 is 45.9 Å². The molecule has 24 heavy (non-hydrogen) atoms. The number of para-hydroxylation sites is 1. The molecule has 0 amide bonds. The summed E-state index contributed by atoms with van der Waals surface area (Å²) in [6.45, 7) is -0.382. The molecule has 1 aromatic heterocycles. The summed E-state index contributed by atoms with van der Waals surface area (Å²) in [6, 6.07) is 11.7. The molecule has 3 aromatic rings. The first-order chi connectivity index (χ1) is 11.5. The number of fused-ring (bicyclic) bond motifs is 1. The molecule has 0 aliphatic carbocycles. The summed E-state index contributed by atoms with van der Waals surface area (Å²) < 4.78 is 10.1. The maximum atomic E-state index is 12.0. The van der Waals surface area contributed by atoms with E-state index in [1.165, 1.54) is 18.2 Å². The SMILES string of the molecule is O=C(Cc1noc2ccccc12)OCC(=O)c1ccc(Cl)c(Cl)c1. The molecular formula is C17H11Cl2NO4. The molecule has 122 valence electrons. The molecule has 0 saturated heterocycles. The zero-order valence-electron chi connectivity index (χ0n) is 12.3. The number of nitrogens with zero attached hydrogens (tertiary/aromatic N) is 1. The second-order valence-corrected chi connectivity index (χ2v) is 5.83. The fourth-order valence-electron chi connectivity index (χ4n) is 2.15. The van der Waals surface area contributed by atoms with Gasteiger partial charge in [-0.1, -0.05) is 40.5 Å². The zero-order valence-corrected chi connectivity index (χ0v) is 13.8. The number of rotatable bonds is 5. The summed E-state index contributed by atoms with van der Waals surface area (Å²) in [7, 11) is 0. The van der Waals surface area contributed by atoms with Gasteiger partial charge >= 0.3 is 5.97 Å². The normalized spacial score (nSPS) is 10.8. The van der Waals surface area contributed by atoms with Crippen LogP contribution in [-0.2, 0) is 16.0 Å². The lowest BCUT2D eigenvalue weighted by Gasteiger charge is -2.04. The number of halogens is 2. The largest absolute Gasteiger partial charge is 0.457 e. The molecule has 0 aliphatic rings. The quantitative estimate of drug-likeness (QED) is 0.504. The van der Waals surface area contributed by atoms with Crippen molar-refractivity contribution in [1.82, 2.24) is 5.16 Å². The topological polar surface area (TPSA) is 69.4 Å². The highest BCUT2D eigenvalue weighted by Crippen LogP contribution is 2.23. The van der Waals surface area contributed by atoms with Crippen LogP contribution in [0.1, 0.15) is 16.1 Å². The van der Waals surface area contributed by atoms with E-state index in [-0.39, 0.29) is 23.8 Å². The minimum absolute atomic E-state index is 0.0777. The molecule has 2 aromatic carbocycles. The van der Waals surface area contributed by atoms with Crippen LogP contribution in [0.4, 0.5) is 0 Å². The van der Waals surface area contributed by atoms with Crippen LogP contribution in [0.15, 0.2) is 47.0 Å². The Labute approximate surface area is 147 Å². The van der Waals surface area contributed by atoms with Gasteiger partial charge in [0.1, 0.15) is 5.69 Å². The Morgan fingerprint density at radius 1 is 1.08 bits per heavy atom. The van der Waals surface area contributed by atoms with Gasteiger partial charge in [-0.2, -0.15) is 0 Å². The van der Waals surface area contributed by atoms with Gasteiger partial charge in [0, 0.05) is 10.9 Å². The third kappa shape index (κ3) is 3.58. The summed E-state index contributed by atoms with van der Waals surface area (Å²) in [4.78, 5) is 23.9. The van der Waals surface area contributed by atoms with Crippen molar-refractivity contribution in [3.8, 4) is 0 Å². The highest BCUT2D eigenvalue weighted by Gasteiger charge is 2.15. The van der Waals surface area contributed by atoms with Crippen molar-refractivity contribution in [2.75, 3.05) is 6.61 Å². The number of hydrogen-bond acceptors (Lipinski definition) is 5. The van der Waals surface area contributed by atoms with Gasteiger partial charge in [0.05, 0.1) is 16.5 Å². The predicted molar refractivity (Wildman–Crippen MR) is 89.5 cm³/mol. The Kier molecular flexibility index (Phi) is 4.83. The Morgan fingerprint density at radius 2 is 1.88 bits per heavy atom. The van der Waals surface area contributed by atoms with E-state index in [0.717, 1.165) is 5.39 Å². The first-order valence-electron chi connectivity index (χ1n) is 7.02.